The summed E-state index contributed by atoms with van der Waals surface area (Å²) in [5.74, 6) is -0.147. The van der Waals surface area contributed by atoms with Gasteiger partial charge in [-0.15, -0.1) is 11.3 Å². The van der Waals surface area contributed by atoms with E-state index < -0.39 is 0 Å². The summed E-state index contributed by atoms with van der Waals surface area (Å²) in [5, 5.41) is 13.0. The molecule has 1 amide bonds. The Kier molecular flexibility index (Phi) is 5.74. The van der Waals surface area contributed by atoms with Gasteiger partial charge in [-0.3, -0.25) is 4.79 Å². The van der Waals surface area contributed by atoms with Gasteiger partial charge in [-0.2, -0.15) is 0 Å². The number of ether oxygens (including phenoxy) is 1. The van der Waals surface area contributed by atoms with Crippen molar-refractivity contribution in [1.29, 1.82) is 0 Å². The monoisotopic (exact) mass is 334 g/mol. The van der Waals surface area contributed by atoms with E-state index in [2.05, 4.69) is 4.98 Å². The summed E-state index contributed by atoms with van der Waals surface area (Å²) in [5.41, 5.74) is 1.91. The van der Waals surface area contributed by atoms with E-state index in [1.807, 2.05) is 25.3 Å². The van der Waals surface area contributed by atoms with Crippen LogP contribution in [0.25, 0.3) is 0 Å². The molecule has 0 aliphatic heterocycles. The Hall–Kier alpha value is -1.92. The zero-order chi connectivity index (χ0) is 17.0. The van der Waals surface area contributed by atoms with Crippen LogP contribution in [0.2, 0.25) is 0 Å². The molecule has 1 atom stereocenters. The smallest absolute Gasteiger partial charge is 0.257 e. The van der Waals surface area contributed by atoms with Crippen LogP contribution in [0.5, 0.6) is 5.75 Å². The second-order valence-corrected chi connectivity index (χ2v) is 6.27. The van der Waals surface area contributed by atoms with Crippen molar-refractivity contribution >= 4 is 17.2 Å². The number of nitrogens with zero attached hydrogens (tertiary/aromatic N) is 2. The molecule has 1 aromatic heterocycles. The standard InChI is InChI=1S/C17H22N2O3S/c1-5-12-7-6-8-14(15(12)20)17(21)19(3)9-13-10-23-16(18-13)11(2)22-4/h6-8,10-11,20H,5,9H2,1-4H3/t11-/m1/s1. The van der Waals surface area contributed by atoms with Crippen molar-refractivity contribution < 1.29 is 14.6 Å². The van der Waals surface area contributed by atoms with Gasteiger partial charge in [0.05, 0.1) is 17.8 Å². The Morgan fingerprint density at radius 3 is 2.87 bits per heavy atom. The molecule has 6 heteroatoms. The van der Waals surface area contributed by atoms with E-state index in [0.717, 1.165) is 16.3 Å². The second kappa shape index (κ2) is 7.57. The number of aromatic nitrogens is 1. The molecule has 0 fully saturated rings. The van der Waals surface area contributed by atoms with E-state index in [9.17, 15) is 9.90 Å². The highest BCUT2D eigenvalue weighted by Crippen LogP contribution is 2.25. The van der Waals surface area contributed by atoms with Crippen molar-refractivity contribution in [3.8, 4) is 5.75 Å². The van der Waals surface area contributed by atoms with E-state index in [-0.39, 0.29) is 17.8 Å². The summed E-state index contributed by atoms with van der Waals surface area (Å²) >= 11 is 1.52. The van der Waals surface area contributed by atoms with E-state index >= 15 is 0 Å². The van der Waals surface area contributed by atoms with Crippen molar-refractivity contribution in [3.05, 3.63) is 45.4 Å². The van der Waals surface area contributed by atoms with Gasteiger partial charge < -0.3 is 14.7 Å². The minimum Gasteiger partial charge on any atom is -0.507 e. The number of carbonyl (C=O) groups is 1. The highest BCUT2D eigenvalue weighted by molar-refractivity contribution is 7.09. The first-order chi connectivity index (χ1) is 11.0. The summed E-state index contributed by atoms with van der Waals surface area (Å²) in [6, 6.07) is 5.26. The number of thiazole rings is 1. The summed E-state index contributed by atoms with van der Waals surface area (Å²) in [6.45, 7) is 4.27. The lowest BCUT2D eigenvalue weighted by Crippen LogP contribution is -2.26. The number of rotatable bonds is 6. The predicted octanol–water partition coefficient (Wildman–Crippen LogP) is 3.39. The Morgan fingerprint density at radius 2 is 2.22 bits per heavy atom. The normalized spacial score (nSPS) is 12.2. The number of aryl methyl sites for hydroxylation is 1. The van der Waals surface area contributed by atoms with Crippen molar-refractivity contribution in [2.24, 2.45) is 0 Å². The third-order valence-electron chi connectivity index (χ3n) is 3.75. The number of hydrogen-bond donors (Lipinski definition) is 1. The Labute approximate surface area is 140 Å². The molecule has 5 nitrogen and oxygen atoms in total. The molecule has 1 heterocycles. The molecule has 0 spiro atoms. The lowest BCUT2D eigenvalue weighted by atomic mass is 10.1. The van der Waals surface area contributed by atoms with E-state index in [4.69, 9.17) is 4.74 Å². The van der Waals surface area contributed by atoms with Crippen LogP contribution >= 0.6 is 11.3 Å². The van der Waals surface area contributed by atoms with Crippen molar-refractivity contribution in [2.45, 2.75) is 32.9 Å². The number of carbonyl (C=O) groups excluding carboxylic acids is 1. The zero-order valence-electron chi connectivity index (χ0n) is 13.9. The third-order valence-corrected chi connectivity index (χ3v) is 4.80. The summed E-state index contributed by atoms with van der Waals surface area (Å²) in [6.07, 6.45) is 0.626. The number of methoxy groups -OCH3 is 1. The number of benzene rings is 1. The lowest BCUT2D eigenvalue weighted by molar-refractivity contribution is 0.0780. The summed E-state index contributed by atoms with van der Waals surface area (Å²) in [4.78, 5) is 18.6. The number of phenolic OH excluding ortho intramolecular Hbond substituents is 1. The maximum absolute atomic E-state index is 12.6. The molecule has 0 radical (unpaired) electrons. The molecular formula is C17H22N2O3S. The predicted molar refractivity (Wildman–Crippen MR) is 90.8 cm³/mol. The van der Waals surface area contributed by atoms with Gasteiger partial charge in [0.15, 0.2) is 0 Å². The van der Waals surface area contributed by atoms with Gasteiger partial charge in [0.2, 0.25) is 0 Å². The van der Waals surface area contributed by atoms with Gasteiger partial charge in [0.1, 0.15) is 16.9 Å². The zero-order valence-corrected chi connectivity index (χ0v) is 14.7. The molecule has 2 rings (SSSR count). The summed E-state index contributed by atoms with van der Waals surface area (Å²) < 4.78 is 5.25. The molecule has 1 aromatic carbocycles. The molecule has 0 saturated heterocycles. The van der Waals surface area contributed by atoms with Crippen molar-refractivity contribution in [3.63, 3.8) is 0 Å². The minimum absolute atomic E-state index is 0.0555. The van der Waals surface area contributed by atoms with Gasteiger partial charge in [0, 0.05) is 19.5 Å². The van der Waals surface area contributed by atoms with Gasteiger partial charge >= 0.3 is 0 Å². The van der Waals surface area contributed by atoms with Crippen LogP contribution in [0.1, 0.15) is 46.6 Å². The molecule has 0 bridgehead atoms. The third kappa shape index (κ3) is 3.89. The fourth-order valence-corrected chi connectivity index (χ4v) is 3.09. The molecule has 2 aromatic rings. The average Bonchev–Trinajstić information content (AvgIpc) is 3.02. The van der Waals surface area contributed by atoms with Crippen LogP contribution < -0.4 is 0 Å². The van der Waals surface area contributed by atoms with Crippen LogP contribution in [0.3, 0.4) is 0 Å². The molecule has 23 heavy (non-hydrogen) atoms. The van der Waals surface area contributed by atoms with Crippen LogP contribution in [0, 0.1) is 0 Å². The Bertz CT molecular complexity index is 684. The first kappa shape index (κ1) is 17.4. The highest BCUT2D eigenvalue weighted by Gasteiger charge is 2.19. The number of phenols is 1. The van der Waals surface area contributed by atoms with Crippen LogP contribution in [0.15, 0.2) is 23.6 Å². The average molecular weight is 334 g/mol. The molecule has 124 valence electrons. The molecule has 0 saturated carbocycles. The van der Waals surface area contributed by atoms with Crippen molar-refractivity contribution in [2.75, 3.05) is 14.2 Å². The van der Waals surface area contributed by atoms with Crippen LogP contribution in [-0.2, 0) is 17.7 Å². The van der Waals surface area contributed by atoms with Crippen LogP contribution in [0.4, 0.5) is 0 Å². The van der Waals surface area contributed by atoms with Gasteiger partial charge in [-0.25, -0.2) is 4.98 Å². The van der Waals surface area contributed by atoms with Gasteiger partial charge in [-0.1, -0.05) is 19.1 Å². The Balaban J connectivity index is 2.13. The van der Waals surface area contributed by atoms with E-state index in [1.54, 1.807) is 31.2 Å². The van der Waals surface area contributed by atoms with Crippen molar-refractivity contribution in [1.82, 2.24) is 9.88 Å². The number of aromatic hydroxyl groups is 1. The largest absolute Gasteiger partial charge is 0.507 e. The molecule has 0 aliphatic carbocycles. The first-order valence-electron chi connectivity index (χ1n) is 7.51. The number of amides is 1. The molecular weight excluding hydrogens is 312 g/mol. The van der Waals surface area contributed by atoms with Crippen LogP contribution in [-0.4, -0.2) is 35.1 Å². The fraction of sp³-hybridized carbons (Fsp3) is 0.412. The first-order valence-corrected chi connectivity index (χ1v) is 8.39. The van der Waals surface area contributed by atoms with Gasteiger partial charge in [-0.05, 0) is 25.0 Å². The molecule has 0 aliphatic rings. The lowest BCUT2D eigenvalue weighted by Gasteiger charge is -2.17. The number of hydrogen-bond acceptors (Lipinski definition) is 5. The Morgan fingerprint density at radius 1 is 1.48 bits per heavy atom. The quantitative estimate of drug-likeness (QED) is 0.879. The highest BCUT2D eigenvalue weighted by atomic mass is 32.1. The fourth-order valence-electron chi connectivity index (χ4n) is 2.25. The minimum atomic E-state index is -0.216. The van der Waals surface area contributed by atoms with E-state index in [1.165, 1.54) is 11.3 Å². The summed E-state index contributed by atoms with van der Waals surface area (Å²) in [7, 11) is 3.35. The second-order valence-electron chi connectivity index (χ2n) is 5.38. The van der Waals surface area contributed by atoms with Gasteiger partial charge in [0.25, 0.3) is 5.91 Å². The topological polar surface area (TPSA) is 62.7 Å². The number of para-hydroxylation sites is 1. The SMILES string of the molecule is CCc1cccc(C(=O)N(C)Cc2csc([C@@H](C)OC)n2)c1O. The maximum atomic E-state index is 12.6. The maximum Gasteiger partial charge on any atom is 0.257 e. The molecule has 1 N–H and O–H groups in total. The molecule has 0 unspecified atom stereocenters. The van der Waals surface area contributed by atoms with E-state index in [0.29, 0.717) is 18.5 Å².